The van der Waals surface area contributed by atoms with Gasteiger partial charge >= 0.3 is 6.09 Å². The van der Waals surface area contributed by atoms with Crippen LogP contribution in [0.1, 0.15) is 83.5 Å². The summed E-state index contributed by atoms with van der Waals surface area (Å²) in [5, 5.41) is 5.97. The minimum atomic E-state index is -0.920. The Hall–Kier alpha value is -3.61. The Morgan fingerprint density at radius 2 is 1.77 bits per heavy atom. The molecule has 216 valence electrons. The van der Waals surface area contributed by atoms with Crippen LogP contribution in [0.5, 0.6) is 0 Å². The van der Waals surface area contributed by atoms with E-state index in [0.717, 1.165) is 30.4 Å². The summed E-state index contributed by atoms with van der Waals surface area (Å²) in [6.45, 7) is 15.4. The molecule has 3 rings (SSSR count). The number of hydrogen-bond acceptors (Lipinski definition) is 4. The van der Waals surface area contributed by atoms with E-state index in [1.807, 2.05) is 61.5 Å². The van der Waals surface area contributed by atoms with Crippen molar-refractivity contribution in [1.82, 2.24) is 15.5 Å². The van der Waals surface area contributed by atoms with Crippen molar-refractivity contribution < 1.29 is 19.1 Å². The number of carbonyl (C=O) groups excluding carboxylic acids is 3. The van der Waals surface area contributed by atoms with Gasteiger partial charge in [0.05, 0.1) is 0 Å². The zero-order chi connectivity index (χ0) is 29.4. The van der Waals surface area contributed by atoms with E-state index in [4.69, 9.17) is 4.74 Å². The molecule has 0 heterocycles. The highest BCUT2D eigenvalue weighted by atomic mass is 16.6. The van der Waals surface area contributed by atoms with Gasteiger partial charge in [0, 0.05) is 18.5 Å². The maximum absolute atomic E-state index is 14.5. The van der Waals surface area contributed by atoms with Gasteiger partial charge in [-0.1, -0.05) is 81.5 Å². The van der Waals surface area contributed by atoms with Crippen molar-refractivity contribution in [3.8, 4) is 0 Å². The second-order valence-electron chi connectivity index (χ2n) is 11.9. The first-order chi connectivity index (χ1) is 18.9. The predicted octanol–water partition coefficient (Wildman–Crippen LogP) is 6.05. The molecule has 2 N–H and O–H groups in total. The van der Waals surface area contributed by atoms with Gasteiger partial charge in [-0.15, -0.1) is 0 Å². The van der Waals surface area contributed by atoms with E-state index in [0.29, 0.717) is 5.56 Å². The number of hydrogen-bond donors (Lipinski definition) is 2. The molecule has 5 atom stereocenters. The smallest absolute Gasteiger partial charge is 0.408 e. The van der Waals surface area contributed by atoms with Gasteiger partial charge in [0.2, 0.25) is 11.8 Å². The second kappa shape index (κ2) is 13.6. The van der Waals surface area contributed by atoms with Crippen LogP contribution in [0.15, 0.2) is 61.2 Å². The monoisotopic (exact) mass is 547 g/mol. The summed E-state index contributed by atoms with van der Waals surface area (Å²) in [4.78, 5) is 43.1. The van der Waals surface area contributed by atoms with Crippen molar-refractivity contribution >= 4 is 24.0 Å². The molecule has 0 spiro atoms. The highest BCUT2D eigenvalue weighted by Gasteiger charge is 2.48. The lowest BCUT2D eigenvalue weighted by molar-refractivity contribution is -0.143. The van der Waals surface area contributed by atoms with Gasteiger partial charge in [-0.05, 0) is 69.2 Å². The second-order valence-corrected chi connectivity index (χ2v) is 11.9. The first-order valence-corrected chi connectivity index (χ1v) is 14.3. The topological polar surface area (TPSA) is 87.7 Å². The Morgan fingerprint density at radius 1 is 1.10 bits per heavy atom. The normalized spacial score (nSPS) is 18.6. The summed E-state index contributed by atoms with van der Waals surface area (Å²) >= 11 is 0. The molecule has 3 amide bonds. The maximum atomic E-state index is 14.5. The van der Waals surface area contributed by atoms with Crippen LogP contribution < -0.4 is 10.6 Å². The Kier molecular flexibility index (Phi) is 10.5. The third-order valence-electron chi connectivity index (χ3n) is 7.05. The molecular weight excluding hydrogens is 502 g/mol. The zero-order valence-corrected chi connectivity index (χ0v) is 24.8. The number of alkyl carbamates (subject to hydrolysis) is 1. The van der Waals surface area contributed by atoms with Crippen LogP contribution in [0.2, 0.25) is 0 Å². The molecule has 0 aliphatic heterocycles. The Labute approximate surface area is 239 Å². The van der Waals surface area contributed by atoms with Gasteiger partial charge in [0.1, 0.15) is 17.7 Å². The SMILES string of the molecule is C=Cc1cccc(C(C(=O)NC(C)CCC)N(C(=O)C(Cc2ccccc2)NC(=O)OC(C)(C)C)C2CC2C)c1. The minimum absolute atomic E-state index is 0.0452. The third kappa shape index (κ3) is 8.70. The van der Waals surface area contributed by atoms with E-state index < -0.39 is 23.8 Å². The van der Waals surface area contributed by atoms with Crippen LogP contribution in [0.3, 0.4) is 0 Å². The number of nitrogens with zero attached hydrogens (tertiary/aromatic N) is 1. The summed E-state index contributed by atoms with van der Waals surface area (Å²) in [5.41, 5.74) is 1.74. The summed E-state index contributed by atoms with van der Waals surface area (Å²) in [5.74, 6) is -0.310. The molecule has 5 unspecified atom stereocenters. The number of ether oxygens (including phenoxy) is 1. The van der Waals surface area contributed by atoms with Gasteiger partial charge in [-0.3, -0.25) is 9.59 Å². The molecule has 1 aliphatic carbocycles. The lowest BCUT2D eigenvalue weighted by Gasteiger charge is -2.35. The first kappa shape index (κ1) is 30.9. The molecule has 1 aliphatic rings. The molecule has 1 saturated carbocycles. The van der Waals surface area contributed by atoms with E-state index in [-0.39, 0.29) is 36.2 Å². The van der Waals surface area contributed by atoms with E-state index in [1.54, 1.807) is 31.7 Å². The Balaban J connectivity index is 2.05. The fourth-order valence-corrected chi connectivity index (χ4v) is 4.97. The van der Waals surface area contributed by atoms with E-state index in [2.05, 4.69) is 31.1 Å². The fourth-order valence-electron chi connectivity index (χ4n) is 4.97. The van der Waals surface area contributed by atoms with Crippen molar-refractivity contribution in [2.75, 3.05) is 0 Å². The predicted molar refractivity (Wildman–Crippen MR) is 160 cm³/mol. The molecule has 7 heteroatoms. The average molecular weight is 548 g/mol. The molecule has 40 heavy (non-hydrogen) atoms. The number of carbonyl (C=O) groups is 3. The van der Waals surface area contributed by atoms with Gasteiger partial charge in [0.15, 0.2) is 0 Å². The summed E-state index contributed by atoms with van der Waals surface area (Å²) < 4.78 is 5.52. The van der Waals surface area contributed by atoms with Gasteiger partial charge in [-0.2, -0.15) is 0 Å². The summed E-state index contributed by atoms with van der Waals surface area (Å²) in [7, 11) is 0. The molecule has 1 fully saturated rings. The van der Waals surface area contributed by atoms with Crippen LogP contribution in [0.4, 0.5) is 4.79 Å². The number of benzene rings is 2. The molecule has 0 aromatic heterocycles. The molecule has 0 radical (unpaired) electrons. The van der Waals surface area contributed by atoms with Crippen LogP contribution in [-0.4, -0.2) is 46.5 Å². The molecule has 0 bridgehead atoms. The number of amides is 3. The Morgan fingerprint density at radius 3 is 2.35 bits per heavy atom. The zero-order valence-electron chi connectivity index (χ0n) is 24.8. The van der Waals surface area contributed by atoms with Gasteiger partial charge in [-0.25, -0.2) is 4.79 Å². The van der Waals surface area contributed by atoms with Crippen molar-refractivity contribution in [3.63, 3.8) is 0 Å². The standard InChI is InChI=1S/C33H45N3O4/c1-8-14-23(4)34-30(37)29(26-18-13-17-24(9-2)20-26)36(28-19-22(28)3)31(38)27(21-25-15-11-10-12-16-25)35-32(39)40-33(5,6)7/h9-13,15-18,20,22-23,27-29H,2,8,14,19,21H2,1,3-7H3,(H,34,37)(H,35,39). The quantitative estimate of drug-likeness (QED) is 0.339. The van der Waals surface area contributed by atoms with E-state index in [9.17, 15) is 14.4 Å². The number of nitrogens with one attached hydrogen (secondary N) is 2. The van der Waals surface area contributed by atoms with Crippen molar-refractivity contribution in [1.29, 1.82) is 0 Å². The molecular formula is C33H45N3O4. The van der Waals surface area contributed by atoms with Crippen molar-refractivity contribution in [2.24, 2.45) is 5.92 Å². The number of rotatable bonds is 12. The van der Waals surface area contributed by atoms with Gasteiger partial charge < -0.3 is 20.3 Å². The minimum Gasteiger partial charge on any atom is -0.444 e. The van der Waals surface area contributed by atoms with Crippen LogP contribution in [-0.2, 0) is 20.7 Å². The highest BCUT2D eigenvalue weighted by molar-refractivity contribution is 5.93. The highest BCUT2D eigenvalue weighted by Crippen LogP contribution is 2.41. The fraction of sp³-hybridized carbons (Fsp3) is 0.485. The molecule has 0 saturated heterocycles. The molecule has 2 aromatic rings. The largest absolute Gasteiger partial charge is 0.444 e. The van der Waals surface area contributed by atoms with Crippen LogP contribution >= 0.6 is 0 Å². The summed E-state index contributed by atoms with van der Waals surface area (Å²) in [6, 6.07) is 15.2. The first-order valence-electron chi connectivity index (χ1n) is 14.3. The van der Waals surface area contributed by atoms with Crippen LogP contribution in [0, 0.1) is 5.92 Å². The van der Waals surface area contributed by atoms with Crippen LogP contribution in [0.25, 0.3) is 6.08 Å². The molecule has 7 nitrogen and oxygen atoms in total. The van der Waals surface area contributed by atoms with Gasteiger partial charge in [0.25, 0.3) is 0 Å². The van der Waals surface area contributed by atoms with Crippen molar-refractivity contribution in [2.45, 2.75) is 97.0 Å². The third-order valence-corrected chi connectivity index (χ3v) is 7.05. The lowest BCUT2D eigenvalue weighted by atomic mass is 9.98. The maximum Gasteiger partial charge on any atom is 0.408 e. The summed E-state index contributed by atoms with van der Waals surface area (Å²) in [6.07, 6.45) is 3.87. The lowest BCUT2D eigenvalue weighted by Crippen LogP contribution is -2.55. The van der Waals surface area contributed by atoms with E-state index in [1.165, 1.54) is 0 Å². The average Bonchev–Trinajstić information content (AvgIpc) is 3.61. The molecule has 2 aromatic carbocycles. The Bertz CT molecular complexity index is 1170. The van der Waals surface area contributed by atoms with Crippen molar-refractivity contribution in [3.05, 3.63) is 77.9 Å². The van der Waals surface area contributed by atoms with E-state index >= 15 is 0 Å².